The Kier molecular flexibility index (Phi) is 3.28. The second kappa shape index (κ2) is 4.03. The third-order valence-electron chi connectivity index (χ3n) is 2.30. The second-order valence-corrected chi connectivity index (χ2v) is 4.19. The van der Waals surface area contributed by atoms with Gasteiger partial charge < -0.3 is 0 Å². The first-order valence-electron chi connectivity index (χ1n) is 4.72. The van der Waals surface area contributed by atoms with Crippen molar-refractivity contribution < 1.29 is 0 Å². The zero-order chi connectivity index (χ0) is 8.16. The van der Waals surface area contributed by atoms with E-state index in [4.69, 9.17) is 0 Å². The van der Waals surface area contributed by atoms with Crippen LogP contribution in [0.25, 0.3) is 0 Å². The van der Waals surface area contributed by atoms with Crippen molar-refractivity contribution in [2.24, 2.45) is 4.90 Å². The number of rotatable bonds is 0. The zero-order valence-corrected chi connectivity index (χ0v) is 7.77. The molecule has 0 aliphatic carbocycles. The number of nitrogens with zero attached hydrogens (tertiary/aromatic N) is 1. The van der Waals surface area contributed by atoms with Crippen molar-refractivity contribution in [3.05, 3.63) is 0 Å². The first-order valence-corrected chi connectivity index (χ1v) is 4.72. The van der Waals surface area contributed by atoms with Crippen LogP contribution in [0, 0.1) is 0 Å². The monoisotopic (exact) mass is 151 g/mol. The summed E-state index contributed by atoms with van der Waals surface area (Å²) in [5.41, 5.74) is 0. The van der Waals surface area contributed by atoms with Gasteiger partial charge in [0.15, 0.2) is 0 Å². The third-order valence-corrected chi connectivity index (χ3v) is 2.30. The molecule has 0 bridgehead atoms. The standard InChI is InChI=1S/C9H18BN/c1-9(2)7-5-3-4-6-8-11-10-9/h3-8H2,1-2H3. The molecule has 1 nitrogen and oxygen atoms in total. The normalized spacial score (nSPS) is 24.5. The second-order valence-electron chi connectivity index (χ2n) is 4.19. The van der Waals surface area contributed by atoms with Gasteiger partial charge in [-0.1, -0.05) is 0 Å². The van der Waals surface area contributed by atoms with Crippen LogP contribution in [0.4, 0.5) is 0 Å². The van der Waals surface area contributed by atoms with Crippen molar-refractivity contribution in [3.8, 4) is 0 Å². The molecule has 0 atom stereocenters. The topological polar surface area (TPSA) is 12.4 Å². The van der Waals surface area contributed by atoms with Gasteiger partial charge in [-0.2, -0.15) is 0 Å². The SMILES string of the molecule is CC1(C)B=NCCCCCC1. The van der Waals surface area contributed by atoms with Crippen LogP contribution < -0.4 is 0 Å². The van der Waals surface area contributed by atoms with E-state index in [1.165, 1.54) is 32.1 Å². The summed E-state index contributed by atoms with van der Waals surface area (Å²) in [4.78, 5) is 4.42. The molecule has 0 saturated carbocycles. The Bertz CT molecular complexity index is 140. The first kappa shape index (κ1) is 8.96. The van der Waals surface area contributed by atoms with Gasteiger partial charge >= 0.3 is 69.8 Å². The molecule has 0 spiro atoms. The van der Waals surface area contributed by atoms with Gasteiger partial charge in [0.1, 0.15) is 0 Å². The van der Waals surface area contributed by atoms with Crippen LogP contribution in [0.5, 0.6) is 0 Å². The van der Waals surface area contributed by atoms with E-state index < -0.39 is 0 Å². The fraction of sp³-hybridized carbons (Fsp3) is 1.00. The Morgan fingerprint density at radius 3 is 2.64 bits per heavy atom. The van der Waals surface area contributed by atoms with Crippen molar-refractivity contribution in [2.75, 3.05) is 6.54 Å². The molecule has 0 aromatic carbocycles. The van der Waals surface area contributed by atoms with Crippen molar-refractivity contribution >= 4 is 7.07 Å². The van der Waals surface area contributed by atoms with E-state index >= 15 is 0 Å². The quantitative estimate of drug-likeness (QED) is 0.472. The Hall–Kier alpha value is -0.135. The van der Waals surface area contributed by atoms with Crippen LogP contribution in [-0.2, 0) is 0 Å². The molecule has 1 aliphatic heterocycles. The molecule has 1 rings (SSSR count). The summed E-state index contributed by atoms with van der Waals surface area (Å²) in [6.45, 7) is 5.60. The Morgan fingerprint density at radius 1 is 1.09 bits per heavy atom. The fourth-order valence-electron chi connectivity index (χ4n) is 1.51. The van der Waals surface area contributed by atoms with E-state index in [2.05, 4.69) is 25.8 Å². The molecule has 0 unspecified atom stereocenters. The summed E-state index contributed by atoms with van der Waals surface area (Å²) in [6, 6.07) is 0. The van der Waals surface area contributed by atoms with Gasteiger partial charge in [-0.05, 0) is 0 Å². The van der Waals surface area contributed by atoms with E-state index in [9.17, 15) is 0 Å². The average Bonchev–Trinajstić information content (AvgIpc) is 2.00. The molecule has 0 fully saturated rings. The van der Waals surface area contributed by atoms with Gasteiger partial charge in [-0.25, -0.2) is 0 Å². The summed E-state index contributed by atoms with van der Waals surface area (Å²) in [7, 11) is 2.15. The minimum atomic E-state index is 0.352. The fourth-order valence-corrected chi connectivity index (χ4v) is 1.51. The Morgan fingerprint density at radius 2 is 1.82 bits per heavy atom. The van der Waals surface area contributed by atoms with Gasteiger partial charge in [0.25, 0.3) is 0 Å². The van der Waals surface area contributed by atoms with Gasteiger partial charge in [-0.3, -0.25) is 0 Å². The van der Waals surface area contributed by atoms with Crippen molar-refractivity contribution in [1.29, 1.82) is 0 Å². The summed E-state index contributed by atoms with van der Waals surface area (Å²) in [5.74, 6) is 0. The van der Waals surface area contributed by atoms with Crippen LogP contribution in [0.2, 0.25) is 5.31 Å². The van der Waals surface area contributed by atoms with Crippen molar-refractivity contribution in [1.82, 2.24) is 0 Å². The molecule has 0 aromatic rings. The minimum absolute atomic E-state index is 0.352. The van der Waals surface area contributed by atoms with Crippen molar-refractivity contribution in [2.45, 2.75) is 51.3 Å². The molecule has 0 aromatic heterocycles. The summed E-state index contributed by atoms with van der Waals surface area (Å²) < 4.78 is 0. The predicted octanol–water partition coefficient (Wildman–Crippen LogP) is 3.04. The van der Waals surface area contributed by atoms with E-state index in [0.717, 1.165) is 6.54 Å². The molecule has 0 N–H and O–H groups in total. The third kappa shape index (κ3) is 3.69. The molecule has 1 aliphatic rings. The van der Waals surface area contributed by atoms with Gasteiger partial charge in [0.2, 0.25) is 0 Å². The van der Waals surface area contributed by atoms with Crippen LogP contribution in [0.15, 0.2) is 4.90 Å². The first-order chi connectivity index (χ1) is 5.21. The zero-order valence-electron chi connectivity index (χ0n) is 7.77. The van der Waals surface area contributed by atoms with Crippen molar-refractivity contribution in [3.63, 3.8) is 0 Å². The summed E-state index contributed by atoms with van der Waals surface area (Å²) >= 11 is 0. The van der Waals surface area contributed by atoms with E-state index in [-0.39, 0.29) is 0 Å². The molecular formula is C9H18BN. The molecule has 0 amide bonds. The molecule has 62 valence electrons. The summed E-state index contributed by atoms with van der Waals surface area (Å²) in [6.07, 6.45) is 6.72. The molecular weight excluding hydrogens is 133 g/mol. The van der Waals surface area contributed by atoms with Crippen LogP contribution >= 0.6 is 0 Å². The Balaban J connectivity index is 2.45. The van der Waals surface area contributed by atoms with E-state index in [0.29, 0.717) is 5.31 Å². The van der Waals surface area contributed by atoms with Gasteiger partial charge in [-0.15, -0.1) is 0 Å². The maximum absolute atomic E-state index is 4.42. The Labute approximate surface area is 70.5 Å². The molecule has 1 heterocycles. The predicted molar refractivity (Wildman–Crippen MR) is 50.2 cm³/mol. The summed E-state index contributed by atoms with van der Waals surface area (Å²) in [5, 5.41) is 0.352. The van der Waals surface area contributed by atoms with Crippen LogP contribution in [-0.4, -0.2) is 13.6 Å². The van der Waals surface area contributed by atoms with Gasteiger partial charge in [0, 0.05) is 0 Å². The van der Waals surface area contributed by atoms with Crippen LogP contribution in [0.1, 0.15) is 46.0 Å². The number of hydrogen-bond donors (Lipinski definition) is 0. The van der Waals surface area contributed by atoms with E-state index in [1.807, 2.05) is 0 Å². The van der Waals surface area contributed by atoms with Crippen LogP contribution in [0.3, 0.4) is 0 Å². The molecule has 0 saturated heterocycles. The molecule has 2 heteroatoms. The maximum atomic E-state index is 4.42. The van der Waals surface area contributed by atoms with E-state index in [1.54, 1.807) is 0 Å². The molecule has 11 heavy (non-hydrogen) atoms. The average molecular weight is 151 g/mol. The number of hydrogen-bond acceptors (Lipinski definition) is 1. The molecule has 0 radical (unpaired) electrons. The van der Waals surface area contributed by atoms with Gasteiger partial charge in [0.05, 0.1) is 0 Å².